The van der Waals surface area contributed by atoms with Crippen molar-refractivity contribution in [3.8, 4) is 0 Å². The summed E-state index contributed by atoms with van der Waals surface area (Å²) in [5.74, 6) is 0.655. The van der Waals surface area contributed by atoms with Gasteiger partial charge in [-0.25, -0.2) is 9.97 Å². The summed E-state index contributed by atoms with van der Waals surface area (Å²) in [6, 6.07) is 8.72. The number of benzene rings is 1. The molecular formula is C20H18ClF3N4OS. The van der Waals surface area contributed by atoms with Crippen LogP contribution in [0.3, 0.4) is 0 Å². The van der Waals surface area contributed by atoms with Gasteiger partial charge in [0.15, 0.2) is 0 Å². The Morgan fingerprint density at radius 3 is 2.47 bits per heavy atom. The first-order valence-corrected chi connectivity index (χ1v) is 10.6. The molecule has 0 N–H and O–H groups in total. The standard InChI is InChI=1S/C20H18ClF3N4OS/c21-14-3-1-13(2-4-14)9-17(29)27-5-7-28(8-6-27)18-16-10-15(11-20(22,23)24)30-19(16)26-12-25-18/h1-4,10,12H,5-9,11H2. The lowest BCUT2D eigenvalue weighted by Gasteiger charge is -2.35. The number of thiophene rings is 1. The van der Waals surface area contributed by atoms with Crippen LogP contribution >= 0.6 is 22.9 Å². The number of halogens is 4. The molecule has 0 atom stereocenters. The number of anilines is 1. The van der Waals surface area contributed by atoms with Crippen LogP contribution in [-0.2, 0) is 17.6 Å². The molecule has 1 aromatic carbocycles. The van der Waals surface area contributed by atoms with Gasteiger partial charge in [-0.1, -0.05) is 23.7 Å². The van der Waals surface area contributed by atoms with E-state index in [1.54, 1.807) is 17.0 Å². The van der Waals surface area contributed by atoms with Gasteiger partial charge >= 0.3 is 6.18 Å². The third-order valence-electron chi connectivity index (χ3n) is 4.93. The van der Waals surface area contributed by atoms with Crippen LogP contribution in [0.15, 0.2) is 36.7 Å². The molecule has 0 unspecified atom stereocenters. The van der Waals surface area contributed by atoms with Crippen molar-refractivity contribution in [2.24, 2.45) is 0 Å². The predicted molar refractivity (Wildman–Crippen MR) is 111 cm³/mol. The normalized spacial score (nSPS) is 15.1. The molecule has 1 fully saturated rings. The first-order valence-electron chi connectivity index (χ1n) is 9.36. The number of carbonyl (C=O) groups is 1. The zero-order valence-corrected chi connectivity index (χ0v) is 17.4. The Labute approximate surface area is 180 Å². The monoisotopic (exact) mass is 454 g/mol. The fourth-order valence-corrected chi connectivity index (χ4v) is 4.63. The smallest absolute Gasteiger partial charge is 0.352 e. The highest BCUT2D eigenvalue weighted by atomic mass is 35.5. The molecule has 3 heterocycles. The molecular weight excluding hydrogens is 437 g/mol. The molecule has 0 saturated carbocycles. The minimum absolute atomic E-state index is 0.0350. The highest BCUT2D eigenvalue weighted by Crippen LogP contribution is 2.34. The maximum absolute atomic E-state index is 12.7. The van der Waals surface area contributed by atoms with Crippen LogP contribution in [-0.4, -0.2) is 53.1 Å². The van der Waals surface area contributed by atoms with Gasteiger partial charge in [-0.05, 0) is 23.8 Å². The first-order chi connectivity index (χ1) is 14.3. The summed E-state index contributed by atoms with van der Waals surface area (Å²) in [5.41, 5.74) is 0.903. The number of hydrogen-bond donors (Lipinski definition) is 0. The molecule has 30 heavy (non-hydrogen) atoms. The van der Waals surface area contributed by atoms with Crippen molar-refractivity contribution >= 4 is 44.9 Å². The van der Waals surface area contributed by atoms with Gasteiger partial charge in [0.1, 0.15) is 17.0 Å². The minimum Gasteiger partial charge on any atom is -0.352 e. The molecule has 0 aliphatic carbocycles. The van der Waals surface area contributed by atoms with Gasteiger partial charge < -0.3 is 9.80 Å². The summed E-state index contributed by atoms with van der Waals surface area (Å²) in [7, 11) is 0. The van der Waals surface area contributed by atoms with Crippen molar-refractivity contribution in [2.75, 3.05) is 31.1 Å². The quantitative estimate of drug-likeness (QED) is 0.588. The number of aromatic nitrogens is 2. The molecule has 1 aliphatic heterocycles. The SMILES string of the molecule is O=C(Cc1ccc(Cl)cc1)N1CCN(c2ncnc3sc(CC(F)(F)F)cc23)CC1. The number of amides is 1. The van der Waals surface area contributed by atoms with Crippen molar-refractivity contribution in [1.29, 1.82) is 0 Å². The summed E-state index contributed by atoms with van der Waals surface area (Å²) in [6.07, 6.45) is -3.55. The minimum atomic E-state index is -4.26. The van der Waals surface area contributed by atoms with E-state index < -0.39 is 12.6 Å². The zero-order chi connectivity index (χ0) is 21.3. The molecule has 10 heteroatoms. The first kappa shape index (κ1) is 20.9. The van der Waals surface area contributed by atoms with Crippen LogP contribution in [0.5, 0.6) is 0 Å². The van der Waals surface area contributed by atoms with Gasteiger partial charge in [0.25, 0.3) is 0 Å². The lowest BCUT2D eigenvalue weighted by atomic mass is 10.1. The van der Waals surface area contributed by atoms with E-state index in [1.165, 1.54) is 12.4 Å². The molecule has 158 valence electrons. The van der Waals surface area contributed by atoms with Crippen molar-refractivity contribution in [3.05, 3.63) is 52.1 Å². The summed E-state index contributed by atoms with van der Waals surface area (Å²) >= 11 is 6.92. The highest BCUT2D eigenvalue weighted by molar-refractivity contribution is 7.18. The molecule has 0 bridgehead atoms. The van der Waals surface area contributed by atoms with E-state index in [-0.39, 0.29) is 10.8 Å². The summed E-state index contributed by atoms with van der Waals surface area (Å²) in [4.78, 5) is 25.6. The van der Waals surface area contributed by atoms with E-state index >= 15 is 0 Å². The van der Waals surface area contributed by atoms with Gasteiger partial charge in [0.2, 0.25) is 5.91 Å². The van der Waals surface area contributed by atoms with Crippen LogP contribution in [0.1, 0.15) is 10.4 Å². The number of piperazine rings is 1. The average molecular weight is 455 g/mol. The average Bonchev–Trinajstić information content (AvgIpc) is 3.10. The van der Waals surface area contributed by atoms with Crippen LogP contribution in [0.25, 0.3) is 10.2 Å². The van der Waals surface area contributed by atoms with Crippen LogP contribution in [0.4, 0.5) is 19.0 Å². The molecule has 0 radical (unpaired) electrons. The largest absolute Gasteiger partial charge is 0.393 e. The second-order valence-corrected chi connectivity index (χ2v) is 8.64. The number of alkyl halides is 3. The number of rotatable bonds is 4. The topological polar surface area (TPSA) is 49.3 Å². The summed E-state index contributed by atoms with van der Waals surface area (Å²) in [5, 5.41) is 1.26. The van der Waals surface area contributed by atoms with E-state index in [0.29, 0.717) is 53.7 Å². The highest BCUT2D eigenvalue weighted by Gasteiger charge is 2.30. The molecule has 3 aromatic rings. The van der Waals surface area contributed by atoms with Crippen molar-refractivity contribution < 1.29 is 18.0 Å². The summed E-state index contributed by atoms with van der Waals surface area (Å²) in [6.45, 7) is 2.17. The lowest BCUT2D eigenvalue weighted by molar-refractivity contribution is -0.130. The molecule has 1 amide bonds. The maximum Gasteiger partial charge on any atom is 0.393 e. The molecule has 1 aliphatic rings. The second kappa shape index (κ2) is 8.39. The Morgan fingerprint density at radius 2 is 1.80 bits per heavy atom. The Bertz CT molecular complexity index is 1050. The number of hydrogen-bond acceptors (Lipinski definition) is 5. The van der Waals surface area contributed by atoms with E-state index in [2.05, 4.69) is 9.97 Å². The molecule has 2 aromatic heterocycles. The lowest BCUT2D eigenvalue weighted by Crippen LogP contribution is -2.49. The Kier molecular flexibility index (Phi) is 5.84. The number of carbonyl (C=O) groups excluding carboxylic acids is 1. The van der Waals surface area contributed by atoms with E-state index in [1.807, 2.05) is 17.0 Å². The van der Waals surface area contributed by atoms with E-state index in [9.17, 15) is 18.0 Å². The zero-order valence-electron chi connectivity index (χ0n) is 15.8. The van der Waals surface area contributed by atoms with Gasteiger partial charge in [0, 0.05) is 36.1 Å². The predicted octanol–water partition coefficient (Wildman–Crippen LogP) is 4.34. The number of nitrogens with zero attached hydrogens (tertiary/aromatic N) is 4. The fourth-order valence-electron chi connectivity index (χ4n) is 3.49. The molecule has 0 spiro atoms. The van der Waals surface area contributed by atoms with Gasteiger partial charge in [-0.15, -0.1) is 11.3 Å². The van der Waals surface area contributed by atoms with Gasteiger partial charge in [-0.2, -0.15) is 13.2 Å². The van der Waals surface area contributed by atoms with Gasteiger partial charge in [0.05, 0.1) is 18.2 Å². The third kappa shape index (κ3) is 4.84. The third-order valence-corrected chi connectivity index (χ3v) is 6.23. The van der Waals surface area contributed by atoms with Crippen molar-refractivity contribution in [2.45, 2.75) is 19.0 Å². The molecule has 4 rings (SSSR count). The fraction of sp³-hybridized carbons (Fsp3) is 0.350. The Hall–Kier alpha value is -2.39. The van der Waals surface area contributed by atoms with E-state index in [4.69, 9.17) is 11.6 Å². The van der Waals surface area contributed by atoms with Crippen LogP contribution < -0.4 is 4.90 Å². The maximum atomic E-state index is 12.7. The van der Waals surface area contributed by atoms with Crippen LogP contribution in [0, 0.1) is 0 Å². The molecule has 1 saturated heterocycles. The van der Waals surface area contributed by atoms with Crippen molar-refractivity contribution in [1.82, 2.24) is 14.9 Å². The second-order valence-electron chi connectivity index (χ2n) is 7.09. The number of fused-ring (bicyclic) bond motifs is 1. The summed E-state index contributed by atoms with van der Waals surface area (Å²) < 4.78 is 38.2. The Morgan fingerprint density at radius 1 is 1.10 bits per heavy atom. The Balaban J connectivity index is 1.43. The van der Waals surface area contributed by atoms with Crippen LogP contribution in [0.2, 0.25) is 5.02 Å². The van der Waals surface area contributed by atoms with Crippen molar-refractivity contribution in [3.63, 3.8) is 0 Å². The van der Waals surface area contributed by atoms with Gasteiger partial charge in [-0.3, -0.25) is 4.79 Å². The molecule has 5 nitrogen and oxygen atoms in total. The van der Waals surface area contributed by atoms with E-state index in [0.717, 1.165) is 16.9 Å².